The fourth-order valence-corrected chi connectivity index (χ4v) is 2.56. The van der Waals surface area contributed by atoms with E-state index in [9.17, 15) is 4.79 Å². The van der Waals surface area contributed by atoms with Crippen LogP contribution in [0.1, 0.15) is 12.8 Å². The number of amides is 1. The lowest BCUT2D eigenvalue weighted by Gasteiger charge is -2.34. The molecule has 2 aliphatic heterocycles. The third-order valence-corrected chi connectivity index (χ3v) is 3.55. The average molecular weight is 299 g/mol. The summed E-state index contributed by atoms with van der Waals surface area (Å²) in [6, 6.07) is 7.48. The summed E-state index contributed by atoms with van der Waals surface area (Å²) in [5, 5.41) is 0. The average Bonchev–Trinajstić information content (AvgIpc) is 2.46. The molecule has 1 saturated heterocycles. The lowest BCUT2D eigenvalue weighted by molar-refractivity contribution is -0.142. The largest absolute Gasteiger partial charge is 0.485 e. The first-order valence-corrected chi connectivity index (χ1v) is 6.67. The fraction of sp³-hybridized carbons (Fsp3) is 0.500. The van der Waals surface area contributed by atoms with Gasteiger partial charge in [-0.25, -0.2) is 0 Å². The van der Waals surface area contributed by atoms with Crippen molar-refractivity contribution in [2.45, 2.75) is 25.0 Å². The van der Waals surface area contributed by atoms with Gasteiger partial charge in [-0.15, -0.1) is 12.4 Å². The maximum Gasteiger partial charge on any atom is 0.267 e. The number of piperidine rings is 1. The zero-order valence-corrected chi connectivity index (χ0v) is 12.0. The van der Waals surface area contributed by atoms with Gasteiger partial charge in [0, 0.05) is 19.1 Å². The molecule has 0 aromatic heterocycles. The third-order valence-electron chi connectivity index (χ3n) is 3.55. The minimum Gasteiger partial charge on any atom is -0.485 e. The van der Waals surface area contributed by atoms with E-state index in [2.05, 4.69) is 0 Å². The van der Waals surface area contributed by atoms with Crippen molar-refractivity contribution in [1.82, 2.24) is 4.90 Å². The van der Waals surface area contributed by atoms with Gasteiger partial charge in [-0.3, -0.25) is 4.79 Å². The van der Waals surface area contributed by atoms with E-state index >= 15 is 0 Å². The molecular formula is C14H19ClN2O3. The lowest BCUT2D eigenvalue weighted by atomic mass is 10.1. The van der Waals surface area contributed by atoms with Gasteiger partial charge in [-0.1, -0.05) is 12.1 Å². The number of benzene rings is 1. The van der Waals surface area contributed by atoms with Crippen LogP contribution in [0.15, 0.2) is 24.3 Å². The van der Waals surface area contributed by atoms with E-state index in [1.54, 1.807) is 4.90 Å². The predicted molar refractivity (Wildman–Crippen MR) is 77.4 cm³/mol. The quantitative estimate of drug-likeness (QED) is 0.846. The van der Waals surface area contributed by atoms with Crippen molar-refractivity contribution >= 4 is 18.3 Å². The number of ether oxygens (including phenoxy) is 2. The van der Waals surface area contributed by atoms with Gasteiger partial charge < -0.3 is 20.1 Å². The van der Waals surface area contributed by atoms with Crippen molar-refractivity contribution in [2.24, 2.45) is 5.73 Å². The van der Waals surface area contributed by atoms with Gasteiger partial charge in [0.05, 0.1) is 0 Å². The minimum atomic E-state index is -0.555. The Morgan fingerprint density at radius 2 is 2.05 bits per heavy atom. The number of carbonyl (C=O) groups excluding carboxylic acids is 1. The molecule has 0 radical (unpaired) electrons. The van der Waals surface area contributed by atoms with Gasteiger partial charge in [0.25, 0.3) is 5.91 Å². The number of hydrogen-bond acceptors (Lipinski definition) is 4. The van der Waals surface area contributed by atoms with Crippen LogP contribution in [-0.2, 0) is 4.79 Å². The number of nitrogens with zero attached hydrogens (tertiary/aromatic N) is 1. The molecule has 3 rings (SSSR count). The topological polar surface area (TPSA) is 64.8 Å². The van der Waals surface area contributed by atoms with Crippen LogP contribution in [0.3, 0.4) is 0 Å². The molecule has 2 atom stereocenters. The van der Waals surface area contributed by atoms with E-state index < -0.39 is 6.10 Å². The SMILES string of the molecule is Cl.N[C@@H]1CCCN(C(=O)C2COc3ccccc3O2)C1. The predicted octanol–water partition coefficient (Wildman–Crippen LogP) is 1.20. The molecule has 0 aliphatic carbocycles. The Labute approximate surface area is 124 Å². The van der Waals surface area contributed by atoms with Crippen LogP contribution < -0.4 is 15.2 Å². The number of nitrogens with two attached hydrogens (primary N) is 1. The van der Waals surface area contributed by atoms with Crippen LogP contribution in [0.4, 0.5) is 0 Å². The summed E-state index contributed by atoms with van der Waals surface area (Å²) in [7, 11) is 0. The summed E-state index contributed by atoms with van der Waals surface area (Å²) in [4.78, 5) is 14.2. The molecule has 0 spiro atoms. The monoisotopic (exact) mass is 298 g/mol. The first kappa shape index (κ1) is 14.9. The Morgan fingerprint density at radius 3 is 2.80 bits per heavy atom. The van der Waals surface area contributed by atoms with Gasteiger partial charge >= 0.3 is 0 Å². The molecule has 2 aliphatic rings. The van der Waals surface area contributed by atoms with Crippen molar-refractivity contribution in [3.8, 4) is 11.5 Å². The summed E-state index contributed by atoms with van der Waals surface area (Å²) < 4.78 is 11.3. The van der Waals surface area contributed by atoms with Crippen LogP contribution in [0.25, 0.3) is 0 Å². The van der Waals surface area contributed by atoms with Crippen LogP contribution >= 0.6 is 12.4 Å². The molecule has 1 aromatic carbocycles. The summed E-state index contributed by atoms with van der Waals surface area (Å²) in [5.41, 5.74) is 5.90. The highest BCUT2D eigenvalue weighted by atomic mass is 35.5. The fourth-order valence-electron chi connectivity index (χ4n) is 2.56. The highest BCUT2D eigenvalue weighted by Crippen LogP contribution is 2.31. The number of para-hydroxylation sites is 2. The zero-order chi connectivity index (χ0) is 13.2. The molecule has 110 valence electrons. The summed E-state index contributed by atoms with van der Waals surface area (Å²) in [5.74, 6) is 1.31. The van der Waals surface area contributed by atoms with Crippen LogP contribution in [-0.4, -0.2) is 42.6 Å². The Bertz CT molecular complexity index is 483. The number of likely N-dealkylation sites (tertiary alicyclic amines) is 1. The Morgan fingerprint density at radius 1 is 1.30 bits per heavy atom. The molecule has 1 amide bonds. The molecule has 1 aromatic rings. The van der Waals surface area contributed by atoms with Gasteiger partial charge in [0.2, 0.25) is 6.10 Å². The van der Waals surface area contributed by atoms with Crippen LogP contribution in [0.2, 0.25) is 0 Å². The van der Waals surface area contributed by atoms with E-state index in [0.717, 1.165) is 19.4 Å². The summed E-state index contributed by atoms with van der Waals surface area (Å²) in [6.45, 7) is 1.63. The van der Waals surface area contributed by atoms with E-state index in [0.29, 0.717) is 18.0 Å². The van der Waals surface area contributed by atoms with Crippen molar-refractivity contribution < 1.29 is 14.3 Å². The number of carbonyl (C=O) groups is 1. The molecular weight excluding hydrogens is 280 g/mol. The standard InChI is InChI=1S/C14H18N2O3.ClH/c15-10-4-3-7-16(8-10)14(17)13-9-18-11-5-1-2-6-12(11)19-13;/h1-2,5-6,10,13H,3-4,7-9,15H2;1H/t10-,13?;/m1./s1. The van der Waals surface area contributed by atoms with E-state index in [4.69, 9.17) is 15.2 Å². The normalized spacial score (nSPS) is 24.8. The van der Waals surface area contributed by atoms with Gasteiger partial charge in [-0.05, 0) is 25.0 Å². The maximum atomic E-state index is 12.4. The van der Waals surface area contributed by atoms with E-state index in [1.807, 2.05) is 24.3 Å². The highest BCUT2D eigenvalue weighted by molar-refractivity contribution is 5.85. The number of fused-ring (bicyclic) bond motifs is 1. The van der Waals surface area contributed by atoms with Crippen LogP contribution in [0, 0.1) is 0 Å². The van der Waals surface area contributed by atoms with Crippen molar-refractivity contribution in [3.05, 3.63) is 24.3 Å². The first-order chi connectivity index (χ1) is 9.24. The zero-order valence-electron chi connectivity index (χ0n) is 11.2. The molecule has 0 saturated carbocycles. The molecule has 20 heavy (non-hydrogen) atoms. The van der Waals surface area contributed by atoms with E-state index in [-0.39, 0.29) is 31.0 Å². The molecule has 5 nitrogen and oxygen atoms in total. The molecule has 2 N–H and O–H groups in total. The molecule has 2 heterocycles. The second kappa shape index (κ2) is 6.33. The van der Waals surface area contributed by atoms with Gasteiger partial charge in [0.1, 0.15) is 6.61 Å². The molecule has 6 heteroatoms. The summed E-state index contributed by atoms with van der Waals surface area (Å²) >= 11 is 0. The highest BCUT2D eigenvalue weighted by Gasteiger charge is 2.32. The van der Waals surface area contributed by atoms with E-state index in [1.165, 1.54) is 0 Å². The van der Waals surface area contributed by atoms with Crippen molar-refractivity contribution in [3.63, 3.8) is 0 Å². The molecule has 0 bridgehead atoms. The Kier molecular flexibility index (Phi) is 4.73. The van der Waals surface area contributed by atoms with Crippen molar-refractivity contribution in [2.75, 3.05) is 19.7 Å². The molecule has 1 fully saturated rings. The smallest absolute Gasteiger partial charge is 0.267 e. The lowest BCUT2D eigenvalue weighted by Crippen LogP contribution is -2.52. The van der Waals surface area contributed by atoms with Gasteiger partial charge in [-0.2, -0.15) is 0 Å². The summed E-state index contributed by atoms with van der Waals surface area (Å²) in [6.07, 6.45) is 1.38. The minimum absolute atomic E-state index is 0. The number of hydrogen-bond donors (Lipinski definition) is 1. The Balaban J connectivity index is 0.00000147. The third kappa shape index (κ3) is 2.99. The second-order valence-corrected chi connectivity index (χ2v) is 5.05. The second-order valence-electron chi connectivity index (χ2n) is 5.05. The maximum absolute atomic E-state index is 12.4. The molecule has 1 unspecified atom stereocenters. The van der Waals surface area contributed by atoms with Gasteiger partial charge in [0.15, 0.2) is 11.5 Å². The number of rotatable bonds is 1. The van der Waals surface area contributed by atoms with Crippen molar-refractivity contribution in [1.29, 1.82) is 0 Å². The number of halogens is 1. The Hall–Kier alpha value is -1.46. The first-order valence-electron chi connectivity index (χ1n) is 6.67. The van der Waals surface area contributed by atoms with Crippen LogP contribution in [0.5, 0.6) is 11.5 Å².